The van der Waals surface area contributed by atoms with Crippen LogP contribution in [0, 0.1) is 19.8 Å². The maximum Gasteiger partial charge on any atom is 0.144 e. The average Bonchev–Trinajstić information content (AvgIpc) is 2.81. The molecule has 0 amide bonds. The molecule has 0 N–H and O–H groups in total. The molecule has 0 bridgehead atoms. The first kappa shape index (κ1) is 18.9. The number of rotatable bonds is 4. The van der Waals surface area contributed by atoms with Crippen molar-refractivity contribution >= 4 is 18.4 Å². The zero-order chi connectivity index (χ0) is 19.1. The van der Waals surface area contributed by atoms with Crippen LogP contribution < -0.4 is 10.4 Å². The Morgan fingerprint density at radius 1 is 0.769 bits per heavy atom. The molecule has 0 fully saturated rings. The Labute approximate surface area is 160 Å². The quantitative estimate of drug-likeness (QED) is 0.611. The van der Waals surface area contributed by atoms with Gasteiger partial charge in [-0.3, -0.25) is 0 Å². The summed E-state index contributed by atoms with van der Waals surface area (Å²) in [7, 11) is -2.02. The molecule has 0 spiro atoms. The number of benzene rings is 2. The highest BCUT2D eigenvalue weighted by Crippen LogP contribution is 2.42. The van der Waals surface area contributed by atoms with Gasteiger partial charge in [0.1, 0.15) is 8.07 Å². The van der Waals surface area contributed by atoms with E-state index in [1.807, 2.05) is 0 Å². The van der Waals surface area contributed by atoms with Gasteiger partial charge in [-0.05, 0) is 62.5 Å². The molecule has 26 heavy (non-hydrogen) atoms. The van der Waals surface area contributed by atoms with Crippen molar-refractivity contribution in [2.24, 2.45) is 5.92 Å². The van der Waals surface area contributed by atoms with Crippen LogP contribution in [0.15, 0.2) is 70.4 Å². The van der Waals surface area contributed by atoms with E-state index in [2.05, 4.69) is 97.0 Å². The molecule has 2 unspecified atom stereocenters. The van der Waals surface area contributed by atoms with Crippen LogP contribution in [0.1, 0.15) is 45.7 Å². The predicted molar refractivity (Wildman–Crippen MR) is 118 cm³/mol. The molecule has 136 valence electrons. The van der Waals surface area contributed by atoms with Gasteiger partial charge in [-0.25, -0.2) is 0 Å². The standard InChI is InChI=1S/C25H32Si/c1-8-26(23-12-10-9-11-13-23,24-15-17(2)14-18(3)16-24)25-21(6)19(4)20(5)22(25)7/h9-16,21H,8H2,1-7H3. The highest BCUT2D eigenvalue weighted by molar-refractivity contribution is 7.07. The minimum atomic E-state index is -2.02. The van der Waals surface area contributed by atoms with Crippen LogP contribution in [-0.2, 0) is 0 Å². The number of allylic oxidation sites excluding steroid dienone is 4. The third-order valence-electron chi connectivity index (χ3n) is 6.61. The first-order chi connectivity index (χ1) is 12.3. The van der Waals surface area contributed by atoms with Crippen molar-refractivity contribution in [2.75, 3.05) is 0 Å². The normalized spacial score (nSPS) is 19.9. The van der Waals surface area contributed by atoms with Gasteiger partial charge in [0.25, 0.3) is 0 Å². The van der Waals surface area contributed by atoms with Gasteiger partial charge in [-0.1, -0.05) is 89.8 Å². The van der Waals surface area contributed by atoms with E-state index in [0.717, 1.165) is 0 Å². The maximum atomic E-state index is 2.46. The lowest BCUT2D eigenvalue weighted by Crippen LogP contribution is -2.61. The summed E-state index contributed by atoms with van der Waals surface area (Å²) in [6, 6.07) is 19.8. The van der Waals surface area contributed by atoms with E-state index < -0.39 is 8.07 Å². The molecule has 0 aliphatic heterocycles. The third kappa shape index (κ3) is 2.83. The van der Waals surface area contributed by atoms with E-state index >= 15 is 0 Å². The lowest BCUT2D eigenvalue weighted by atomic mass is 10.1. The Morgan fingerprint density at radius 3 is 1.81 bits per heavy atom. The molecular weight excluding hydrogens is 328 g/mol. The zero-order valence-electron chi connectivity index (χ0n) is 17.4. The fourth-order valence-electron chi connectivity index (χ4n) is 5.07. The summed E-state index contributed by atoms with van der Waals surface area (Å²) in [6.07, 6.45) is 0. The molecule has 1 heteroatoms. The fourth-order valence-corrected chi connectivity index (χ4v) is 10.7. The summed E-state index contributed by atoms with van der Waals surface area (Å²) >= 11 is 0. The summed E-state index contributed by atoms with van der Waals surface area (Å²) in [5.74, 6) is 0.544. The molecule has 2 atom stereocenters. The van der Waals surface area contributed by atoms with Crippen molar-refractivity contribution in [2.45, 2.75) is 54.5 Å². The van der Waals surface area contributed by atoms with E-state index in [-0.39, 0.29) is 0 Å². The highest BCUT2D eigenvalue weighted by atomic mass is 28.3. The van der Waals surface area contributed by atoms with Gasteiger partial charge < -0.3 is 0 Å². The SMILES string of the molecule is CC[Si](C1=C(C)C(C)=C(C)C1C)(c1ccccc1)c1cc(C)cc(C)c1. The van der Waals surface area contributed by atoms with Crippen LogP contribution >= 0.6 is 0 Å². The fraction of sp³-hybridized carbons (Fsp3) is 0.360. The molecule has 3 rings (SSSR count). The van der Waals surface area contributed by atoms with E-state index in [1.165, 1.54) is 22.7 Å². The van der Waals surface area contributed by atoms with Crippen LogP contribution in [0.3, 0.4) is 0 Å². The van der Waals surface area contributed by atoms with Crippen LogP contribution in [0.4, 0.5) is 0 Å². The Hall–Kier alpha value is -1.86. The third-order valence-corrected chi connectivity index (χ3v) is 12.0. The number of hydrogen-bond acceptors (Lipinski definition) is 0. The average molecular weight is 361 g/mol. The number of aryl methyl sites for hydroxylation is 2. The van der Waals surface area contributed by atoms with Crippen molar-refractivity contribution in [1.29, 1.82) is 0 Å². The van der Waals surface area contributed by atoms with Crippen molar-refractivity contribution in [3.05, 3.63) is 81.6 Å². The van der Waals surface area contributed by atoms with Crippen LogP contribution in [0.25, 0.3) is 0 Å². The maximum absolute atomic E-state index is 2.46. The second-order valence-corrected chi connectivity index (χ2v) is 12.3. The predicted octanol–water partition coefficient (Wildman–Crippen LogP) is 5.73. The Bertz CT molecular complexity index is 865. The van der Waals surface area contributed by atoms with Gasteiger partial charge in [0.2, 0.25) is 0 Å². The zero-order valence-corrected chi connectivity index (χ0v) is 18.4. The first-order valence-corrected chi connectivity index (χ1v) is 12.1. The molecule has 0 nitrogen and oxygen atoms in total. The van der Waals surface area contributed by atoms with Crippen molar-refractivity contribution in [1.82, 2.24) is 0 Å². The highest BCUT2D eigenvalue weighted by Gasteiger charge is 2.45. The van der Waals surface area contributed by atoms with Crippen LogP contribution in [-0.4, -0.2) is 8.07 Å². The van der Waals surface area contributed by atoms with Crippen LogP contribution in [0.2, 0.25) is 6.04 Å². The molecule has 0 radical (unpaired) electrons. The molecule has 2 aromatic rings. The monoisotopic (exact) mass is 360 g/mol. The second kappa shape index (κ2) is 7.04. The van der Waals surface area contributed by atoms with E-state index in [0.29, 0.717) is 5.92 Å². The molecule has 2 aromatic carbocycles. The van der Waals surface area contributed by atoms with Gasteiger partial charge in [0, 0.05) is 0 Å². The van der Waals surface area contributed by atoms with Gasteiger partial charge in [-0.15, -0.1) is 0 Å². The lowest BCUT2D eigenvalue weighted by molar-refractivity contribution is 0.848. The largest absolute Gasteiger partial charge is 0.144 e. The summed E-state index contributed by atoms with van der Waals surface area (Å²) in [6.45, 7) is 16.3. The van der Waals surface area contributed by atoms with Gasteiger partial charge in [0.15, 0.2) is 0 Å². The smallest absolute Gasteiger partial charge is 0.0669 e. The van der Waals surface area contributed by atoms with E-state index in [1.54, 1.807) is 26.7 Å². The molecule has 1 aliphatic carbocycles. The summed E-state index contributed by atoms with van der Waals surface area (Å²) in [4.78, 5) is 0. The van der Waals surface area contributed by atoms with Crippen molar-refractivity contribution in [3.8, 4) is 0 Å². The Balaban J connectivity index is 2.38. The lowest BCUT2D eigenvalue weighted by Gasteiger charge is -2.37. The summed E-state index contributed by atoms with van der Waals surface area (Å²) in [5, 5.41) is 4.86. The minimum Gasteiger partial charge on any atom is -0.0669 e. The van der Waals surface area contributed by atoms with E-state index in [4.69, 9.17) is 0 Å². The van der Waals surface area contributed by atoms with Crippen LogP contribution in [0.5, 0.6) is 0 Å². The Morgan fingerprint density at radius 2 is 1.35 bits per heavy atom. The van der Waals surface area contributed by atoms with Crippen molar-refractivity contribution in [3.63, 3.8) is 0 Å². The van der Waals surface area contributed by atoms with E-state index in [9.17, 15) is 0 Å². The number of hydrogen-bond donors (Lipinski definition) is 0. The summed E-state index contributed by atoms with van der Waals surface area (Å²) < 4.78 is 0. The molecule has 0 saturated heterocycles. The summed E-state index contributed by atoms with van der Waals surface area (Å²) in [5.41, 5.74) is 7.38. The molecule has 0 heterocycles. The second-order valence-electron chi connectivity index (χ2n) is 8.07. The van der Waals surface area contributed by atoms with Gasteiger partial charge in [0.05, 0.1) is 0 Å². The molecular formula is C25H32Si. The molecule has 1 aliphatic rings. The molecule has 0 saturated carbocycles. The first-order valence-electron chi connectivity index (χ1n) is 9.86. The van der Waals surface area contributed by atoms with Crippen molar-refractivity contribution < 1.29 is 0 Å². The van der Waals surface area contributed by atoms with Gasteiger partial charge >= 0.3 is 0 Å². The topological polar surface area (TPSA) is 0 Å². The minimum absolute atomic E-state index is 0.544. The molecule has 0 aromatic heterocycles. The van der Waals surface area contributed by atoms with Gasteiger partial charge in [-0.2, -0.15) is 0 Å². The Kier molecular flexibility index (Phi) is 5.12.